The molecule has 0 N–H and O–H groups in total. The minimum Gasteiger partial charge on any atom is -0.248 e. The van der Waals surface area contributed by atoms with Gasteiger partial charge in [-0.2, -0.15) is 8.78 Å². The Hall–Kier alpha value is -0.540. The zero-order valence-corrected chi connectivity index (χ0v) is 6.16. The Bertz CT molecular complexity index is 130. The maximum atomic E-state index is 12.4. The molecular formula is C7H10F4. The van der Waals surface area contributed by atoms with Gasteiger partial charge in [0.2, 0.25) is 0 Å². The van der Waals surface area contributed by atoms with Gasteiger partial charge in [-0.1, -0.05) is 6.58 Å². The van der Waals surface area contributed by atoms with Gasteiger partial charge in [-0.3, -0.25) is 0 Å². The molecule has 0 aliphatic carbocycles. The average Bonchev–Trinajstić information content (AvgIpc) is 1.86. The molecule has 0 amide bonds. The second kappa shape index (κ2) is 3.74. The number of rotatable bonds is 4. The summed E-state index contributed by atoms with van der Waals surface area (Å²) in [5.41, 5.74) is 0. The second-order valence-electron chi connectivity index (χ2n) is 2.36. The summed E-state index contributed by atoms with van der Waals surface area (Å²) in [6.07, 6.45) is -4.63. The van der Waals surface area contributed by atoms with E-state index in [1.54, 1.807) is 0 Å². The van der Waals surface area contributed by atoms with Crippen LogP contribution >= 0.6 is 0 Å². The van der Waals surface area contributed by atoms with Crippen molar-refractivity contribution in [2.45, 2.75) is 31.6 Å². The van der Waals surface area contributed by atoms with Crippen LogP contribution in [-0.2, 0) is 0 Å². The maximum Gasteiger partial charge on any atom is 0.296 e. The summed E-state index contributed by atoms with van der Waals surface area (Å²) in [4.78, 5) is 0. The van der Waals surface area contributed by atoms with Gasteiger partial charge in [0.25, 0.3) is 5.92 Å². The van der Waals surface area contributed by atoms with Crippen molar-refractivity contribution in [3.8, 4) is 0 Å². The first-order chi connectivity index (χ1) is 4.90. The van der Waals surface area contributed by atoms with Crippen molar-refractivity contribution in [2.24, 2.45) is 0 Å². The highest BCUT2D eigenvalue weighted by Gasteiger charge is 2.37. The van der Waals surface area contributed by atoms with Crippen LogP contribution in [-0.4, -0.2) is 18.3 Å². The normalized spacial score (nSPS) is 17.5. The Kier molecular flexibility index (Phi) is 3.55. The van der Waals surface area contributed by atoms with E-state index >= 15 is 0 Å². The Morgan fingerprint density at radius 1 is 1.45 bits per heavy atom. The van der Waals surface area contributed by atoms with Gasteiger partial charge in [-0.05, 0) is 13.0 Å². The number of halogens is 4. The van der Waals surface area contributed by atoms with Crippen molar-refractivity contribution in [3.05, 3.63) is 12.7 Å². The third-order valence-corrected chi connectivity index (χ3v) is 1.22. The van der Waals surface area contributed by atoms with Crippen LogP contribution in [0.5, 0.6) is 0 Å². The van der Waals surface area contributed by atoms with Crippen LogP contribution in [0.3, 0.4) is 0 Å². The van der Waals surface area contributed by atoms with E-state index in [9.17, 15) is 17.6 Å². The summed E-state index contributed by atoms with van der Waals surface area (Å²) < 4.78 is 48.9. The molecule has 0 fully saturated rings. The molecule has 0 bridgehead atoms. The van der Waals surface area contributed by atoms with E-state index in [0.717, 1.165) is 6.92 Å². The van der Waals surface area contributed by atoms with Gasteiger partial charge < -0.3 is 0 Å². The first kappa shape index (κ1) is 10.5. The number of hydrogen-bond donors (Lipinski definition) is 0. The number of allylic oxidation sites excluding steroid dienone is 1. The summed E-state index contributed by atoms with van der Waals surface area (Å²) in [5.74, 6) is -3.61. The SMILES string of the molecule is C=CC(F)(F)C(F)CC(C)F. The highest BCUT2D eigenvalue weighted by molar-refractivity contribution is 4.93. The van der Waals surface area contributed by atoms with Crippen LogP contribution in [0.1, 0.15) is 13.3 Å². The van der Waals surface area contributed by atoms with Gasteiger partial charge in [-0.25, -0.2) is 8.78 Å². The predicted molar refractivity (Wildman–Crippen MR) is 35.2 cm³/mol. The Morgan fingerprint density at radius 2 is 1.91 bits per heavy atom. The molecule has 0 saturated heterocycles. The van der Waals surface area contributed by atoms with E-state index in [1.165, 1.54) is 0 Å². The lowest BCUT2D eigenvalue weighted by atomic mass is 10.1. The van der Waals surface area contributed by atoms with Crippen molar-refractivity contribution < 1.29 is 17.6 Å². The highest BCUT2D eigenvalue weighted by Crippen LogP contribution is 2.26. The molecule has 4 heteroatoms. The van der Waals surface area contributed by atoms with Gasteiger partial charge in [0.05, 0.1) is 0 Å². The lowest BCUT2D eigenvalue weighted by Gasteiger charge is -2.16. The van der Waals surface area contributed by atoms with Gasteiger partial charge in [0, 0.05) is 6.42 Å². The van der Waals surface area contributed by atoms with E-state index in [4.69, 9.17) is 0 Å². The second-order valence-corrected chi connectivity index (χ2v) is 2.36. The summed E-state index contributed by atoms with van der Waals surface area (Å²) in [5, 5.41) is 0. The molecule has 0 spiro atoms. The standard InChI is InChI=1S/C7H10F4/c1-3-7(10,11)6(9)4-5(2)8/h3,5-6H,1,4H2,2H3. The molecule has 66 valence electrons. The topological polar surface area (TPSA) is 0 Å². The van der Waals surface area contributed by atoms with Crippen molar-refractivity contribution in [1.82, 2.24) is 0 Å². The summed E-state index contributed by atoms with van der Waals surface area (Å²) >= 11 is 0. The van der Waals surface area contributed by atoms with Crippen LogP contribution in [0.15, 0.2) is 12.7 Å². The summed E-state index contributed by atoms with van der Waals surface area (Å²) in [7, 11) is 0. The van der Waals surface area contributed by atoms with E-state index in [2.05, 4.69) is 6.58 Å². The minimum absolute atomic E-state index is 0.194. The predicted octanol–water partition coefficient (Wildman–Crippen LogP) is 2.89. The van der Waals surface area contributed by atoms with E-state index in [1.807, 2.05) is 0 Å². The lowest BCUT2D eigenvalue weighted by molar-refractivity contribution is -0.0377. The molecule has 0 aromatic carbocycles. The van der Waals surface area contributed by atoms with Crippen molar-refractivity contribution >= 4 is 0 Å². The third-order valence-electron chi connectivity index (χ3n) is 1.22. The maximum absolute atomic E-state index is 12.4. The fourth-order valence-corrected chi connectivity index (χ4v) is 0.570. The van der Waals surface area contributed by atoms with Crippen molar-refractivity contribution in [3.63, 3.8) is 0 Å². The first-order valence-electron chi connectivity index (χ1n) is 3.19. The molecule has 2 atom stereocenters. The molecule has 0 rings (SSSR count). The molecular weight excluding hydrogens is 160 g/mol. The summed E-state index contributed by atoms with van der Waals surface area (Å²) in [6.45, 7) is 3.78. The lowest BCUT2D eigenvalue weighted by Crippen LogP contribution is -2.29. The largest absolute Gasteiger partial charge is 0.296 e. The molecule has 0 radical (unpaired) electrons. The molecule has 0 aliphatic heterocycles. The fourth-order valence-electron chi connectivity index (χ4n) is 0.570. The molecule has 2 unspecified atom stereocenters. The molecule has 0 nitrogen and oxygen atoms in total. The van der Waals surface area contributed by atoms with Crippen LogP contribution in [0.2, 0.25) is 0 Å². The zero-order chi connectivity index (χ0) is 9.07. The fraction of sp³-hybridized carbons (Fsp3) is 0.714. The van der Waals surface area contributed by atoms with Crippen LogP contribution < -0.4 is 0 Å². The van der Waals surface area contributed by atoms with Gasteiger partial charge in [0.15, 0.2) is 6.17 Å². The molecule has 0 saturated carbocycles. The van der Waals surface area contributed by atoms with Crippen LogP contribution in [0, 0.1) is 0 Å². The molecule has 0 aromatic rings. The van der Waals surface area contributed by atoms with E-state index in [-0.39, 0.29) is 6.08 Å². The average molecular weight is 170 g/mol. The smallest absolute Gasteiger partial charge is 0.248 e. The molecule has 11 heavy (non-hydrogen) atoms. The summed E-state index contributed by atoms with van der Waals surface area (Å²) in [6, 6.07) is 0. The van der Waals surface area contributed by atoms with Crippen molar-refractivity contribution in [1.29, 1.82) is 0 Å². The number of hydrogen-bond acceptors (Lipinski definition) is 0. The van der Waals surface area contributed by atoms with E-state index < -0.39 is 24.7 Å². The minimum atomic E-state index is -3.61. The Balaban J connectivity index is 4.01. The highest BCUT2D eigenvalue weighted by atomic mass is 19.3. The zero-order valence-electron chi connectivity index (χ0n) is 6.16. The van der Waals surface area contributed by atoms with Gasteiger partial charge in [-0.15, -0.1) is 0 Å². The first-order valence-corrected chi connectivity index (χ1v) is 3.19. The number of alkyl halides is 4. The third kappa shape index (κ3) is 3.39. The molecule has 0 aliphatic rings. The molecule has 0 aromatic heterocycles. The van der Waals surface area contributed by atoms with Crippen molar-refractivity contribution in [2.75, 3.05) is 0 Å². The van der Waals surface area contributed by atoms with Crippen LogP contribution in [0.4, 0.5) is 17.6 Å². The molecule has 0 heterocycles. The van der Waals surface area contributed by atoms with Gasteiger partial charge >= 0.3 is 0 Å². The quantitative estimate of drug-likeness (QED) is 0.449. The van der Waals surface area contributed by atoms with E-state index in [0.29, 0.717) is 0 Å². The Labute approximate surface area is 62.9 Å². The Morgan fingerprint density at radius 3 is 2.18 bits per heavy atom. The monoisotopic (exact) mass is 170 g/mol. The van der Waals surface area contributed by atoms with Gasteiger partial charge in [0.1, 0.15) is 6.17 Å². The van der Waals surface area contributed by atoms with Crippen LogP contribution in [0.25, 0.3) is 0 Å².